The lowest BCUT2D eigenvalue weighted by molar-refractivity contribution is -0.131. The maximum atomic E-state index is 4.88. The van der Waals surface area contributed by atoms with Crippen LogP contribution in [0.1, 0.15) is 0 Å². The van der Waals surface area contributed by atoms with Crippen molar-refractivity contribution in [1.29, 1.82) is 0 Å². The van der Waals surface area contributed by atoms with Gasteiger partial charge in [-0.25, -0.2) is 0 Å². The van der Waals surface area contributed by atoms with Gasteiger partial charge in [0.2, 0.25) is 0 Å². The van der Waals surface area contributed by atoms with Crippen LogP contribution in [0.5, 0.6) is 0 Å². The van der Waals surface area contributed by atoms with E-state index < -0.39 is 5.18 Å². The fourth-order valence-corrected chi connectivity index (χ4v) is 1.48. The third-order valence-corrected chi connectivity index (χ3v) is 2.29. The molecule has 2 aliphatic rings. The summed E-state index contributed by atoms with van der Waals surface area (Å²) in [5.74, 6) is 0. The Morgan fingerprint density at radius 3 is 2.78 bits per heavy atom. The third kappa shape index (κ3) is 0.496. The van der Waals surface area contributed by atoms with Crippen molar-refractivity contribution >= 4 is 11.8 Å². The van der Waals surface area contributed by atoms with E-state index in [4.69, 9.17) is 4.84 Å². The molecule has 2 rings (SSSR count). The average molecular weight is 143 g/mol. The fourth-order valence-electron chi connectivity index (χ4n) is 0.678. The lowest BCUT2D eigenvalue weighted by atomic mass is 10.7. The first-order valence-corrected chi connectivity index (χ1v) is 3.39. The van der Waals surface area contributed by atoms with Gasteiger partial charge >= 0.3 is 5.18 Å². The summed E-state index contributed by atoms with van der Waals surface area (Å²) in [5.41, 5.74) is 0. The molecular formula is C4H5N3OS. The summed E-state index contributed by atoms with van der Waals surface area (Å²) in [6.45, 7) is 0. The number of rotatable bonds is 0. The molecule has 1 spiro atoms. The van der Waals surface area contributed by atoms with Gasteiger partial charge in [0.1, 0.15) is 0 Å². The van der Waals surface area contributed by atoms with Gasteiger partial charge in [0, 0.05) is 18.5 Å². The van der Waals surface area contributed by atoms with Gasteiger partial charge in [-0.1, -0.05) is 5.11 Å². The number of hydrogen-bond acceptors (Lipinski definition) is 5. The second-order valence-electron chi connectivity index (χ2n) is 1.84. The van der Waals surface area contributed by atoms with Crippen LogP contribution >= 0.6 is 11.8 Å². The zero-order valence-electron chi connectivity index (χ0n) is 4.81. The van der Waals surface area contributed by atoms with E-state index in [-0.39, 0.29) is 0 Å². The van der Waals surface area contributed by atoms with Crippen LogP contribution < -0.4 is 0 Å². The molecule has 0 bridgehead atoms. The van der Waals surface area contributed by atoms with Gasteiger partial charge in [-0.3, -0.25) is 0 Å². The molecule has 0 N–H and O–H groups in total. The second-order valence-corrected chi connectivity index (χ2v) is 2.88. The van der Waals surface area contributed by atoms with Crippen LogP contribution in [0.2, 0.25) is 0 Å². The summed E-state index contributed by atoms with van der Waals surface area (Å²) in [5, 5.41) is 8.54. The summed E-state index contributed by atoms with van der Waals surface area (Å²) in [7, 11) is 1.90. The molecule has 5 heteroatoms. The van der Waals surface area contributed by atoms with Gasteiger partial charge in [0.15, 0.2) is 0 Å². The molecule has 0 fully saturated rings. The van der Waals surface area contributed by atoms with E-state index in [0.29, 0.717) is 0 Å². The van der Waals surface area contributed by atoms with Gasteiger partial charge in [0.25, 0.3) is 0 Å². The van der Waals surface area contributed by atoms with Crippen molar-refractivity contribution in [3.05, 3.63) is 11.6 Å². The smallest absolute Gasteiger partial charge is 0.313 e. The molecule has 1 unspecified atom stereocenters. The van der Waals surface area contributed by atoms with Crippen molar-refractivity contribution in [1.82, 2.24) is 4.90 Å². The van der Waals surface area contributed by atoms with E-state index in [0.717, 1.165) is 0 Å². The molecule has 0 amide bonds. The lowest BCUT2D eigenvalue weighted by Gasteiger charge is -2.31. The minimum atomic E-state index is -0.528. The first kappa shape index (κ1) is 5.10. The molecule has 0 saturated heterocycles. The number of hydrogen-bond donors (Lipinski definition) is 0. The van der Waals surface area contributed by atoms with Crippen molar-refractivity contribution in [3.63, 3.8) is 0 Å². The highest BCUT2D eigenvalue weighted by molar-refractivity contribution is 8.03. The molecule has 2 aliphatic heterocycles. The molecule has 9 heavy (non-hydrogen) atoms. The van der Waals surface area contributed by atoms with Crippen molar-refractivity contribution in [2.75, 3.05) is 7.05 Å². The largest absolute Gasteiger partial charge is 0.381 e. The van der Waals surface area contributed by atoms with E-state index in [9.17, 15) is 0 Å². The van der Waals surface area contributed by atoms with Crippen molar-refractivity contribution in [2.24, 2.45) is 10.4 Å². The predicted molar refractivity (Wildman–Crippen MR) is 33.2 cm³/mol. The quantitative estimate of drug-likeness (QED) is 0.510. The van der Waals surface area contributed by atoms with Crippen LogP contribution in [0, 0.1) is 0 Å². The molecule has 0 saturated carbocycles. The average Bonchev–Trinajstić information content (AvgIpc) is 2.07. The van der Waals surface area contributed by atoms with E-state index in [1.54, 1.807) is 0 Å². The van der Waals surface area contributed by atoms with Crippen LogP contribution in [-0.4, -0.2) is 17.1 Å². The van der Waals surface area contributed by atoms with Gasteiger partial charge in [-0.15, -0.1) is 0 Å². The molecule has 0 aliphatic carbocycles. The molecule has 4 nitrogen and oxygen atoms in total. The minimum absolute atomic E-state index is 0.528. The Morgan fingerprint density at radius 2 is 2.56 bits per heavy atom. The Balaban J connectivity index is 2.24. The Bertz CT molecular complexity index is 192. The first-order valence-electron chi connectivity index (χ1n) is 2.51. The van der Waals surface area contributed by atoms with Crippen LogP contribution in [0.25, 0.3) is 0 Å². The topological polar surface area (TPSA) is 37.2 Å². The SMILES string of the molecule is CN1C=CSC12N=NO2. The van der Waals surface area contributed by atoms with Gasteiger partial charge in [-0.2, -0.15) is 0 Å². The Kier molecular flexibility index (Phi) is 0.801. The maximum Gasteiger partial charge on any atom is 0.381 e. The van der Waals surface area contributed by atoms with Crippen LogP contribution in [0.15, 0.2) is 22.0 Å². The predicted octanol–water partition coefficient (Wildman–Crippen LogP) is 1.14. The molecule has 0 aromatic rings. The molecule has 0 radical (unpaired) electrons. The molecule has 0 aromatic heterocycles. The van der Waals surface area contributed by atoms with Crippen molar-refractivity contribution < 1.29 is 4.84 Å². The maximum absolute atomic E-state index is 4.88. The van der Waals surface area contributed by atoms with Gasteiger partial charge in [-0.05, 0) is 17.2 Å². The van der Waals surface area contributed by atoms with Crippen LogP contribution in [0.3, 0.4) is 0 Å². The van der Waals surface area contributed by atoms with E-state index in [1.807, 2.05) is 23.6 Å². The normalized spacial score (nSPS) is 37.2. The van der Waals surface area contributed by atoms with E-state index in [2.05, 4.69) is 10.4 Å². The highest BCUT2D eigenvalue weighted by Gasteiger charge is 2.45. The second kappa shape index (κ2) is 1.41. The molecule has 1 atom stereocenters. The standard InChI is InChI=1S/C4H5N3OS/c1-7-2-3-9-4(7)5-6-8-4/h2-3H,1H3. The van der Waals surface area contributed by atoms with Gasteiger partial charge in [0.05, 0.1) is 0 Å². The number of nitrogens with zero attached hydrogens (tertiary/aromatic N) is 3. The zero-order chi connectivity index (χ0) is 6.32. The summed E-state index contributed by atoms with van der Waals surface area (Å²) >= 11 is 1.50. The fraction of sp³-hybridized carbons (Fsp3) is 0.500. The summed E-state index contributed by atoms with van der Waals surface area (Å²) < 4.78 is 0. The summed E-state index contributed by atoms with van der Waals surface area (Å²) in [6.07, 6.45) is 1.91. The Labute approximate surface area is 56.5 Å². The summed E-state index contributed by atoms with van der Waals surface area (Å²) in [4.78, 5) is 6.74. The van der Waals surface area contributed by atoms with E-state index >= 15 is 0 Å². The van der Waals surface area contributed by atoms with Crippen molar-refractivity contribution in [3.8, 4) is 0 Å². The zero-order valence-corrected chi connectivity index (χ0v) is 5.63. The molecule has 48 valence electrons. The molecule has 0 aromatic carbocycles. The number of thioether (sulfide) groups is 1. The highest BCUT2D eigenvalue weighted by atomic mass is 32.2. The molecular weight excluding hydrogens is 138 g/mol. The minimum Gasteiger partial charge on any atom is -0.313 e. The monoisotopic (exact) mass is 143 g/mol. The lowest BCUT2D eigenvalue weighted by Crippen LogP contribution is -2.40. The van der Waals surface area contributed by atoms with Crippen LogP contribution in [-0.2, 0) is 4.84 Å². The highest BCUT2D eigenvalue weighted by Crippen LogP contribution is 2.42. The van der Waals surface area contributed by atoms with E-state index in [1.165, 1.54) is 11.8 Å². The summed E-state index contributed by atoms with van der Waals surface area (Å²) in [6, 6.07) is 0. The Hall–Kier alpha value is -0.710. The van der Waals surface area contributed by atoms with Gasteiger partial charge < -0.3 is 9.74 Å². The Morgan fingerprint density at radius 1 is 1.78 bits per heavy atom. The third-order valence-electron chi connectivity index (χ3n) is 1.28. The van der Waals surface area contributed by atoms with Crippen LogP contribution in [0.4, 0.5) is 0 Å². The first-order chi connectivity index (χ1) is 4.33. The van der Waals surface area contributed by atoms with Crippen molar-refractivity contribution in [2.45, 2.75) is 5.18 Å². The molecule has 2 heterocycles.